The van der Waals surface area contributed by atoms with Crippen LogP contribution in [0.1, 0.15) is 33.3 Å². The van der Waals surface area contributed by atoms with Crippen LogP contribution in [0.4, 0.5) is 4.79 Å². The SMILES string of the molecule is CCOC(=O)C(O)C(C)(C)C(NC(=O)OCc1ccccc1)OCC. The number of aliphatic hydroxyl groups excluding tert-OH is 1. The van der Waals surface area contributed by atoms with Gasteiger partial charge in [-0.15, -0.1) is 0 Å². The first-order valence-corrected chi connectivity index (χ1v) is 8.26. The van der Waals surface area contributed by atoms with Crippen LogP contribution in [0, 0.1) is 5.41 Å². The molecule has 0 fully saturated rings. The summed E-state index contributed by atoms with van der Waals surface area (Å²) in [6.07, 6.45) is -3.09. The lowest BCUT2D eigenvalue weighted by atomic mass is 9.84. The topological polar surface area (TPSA) is 94.1 Å². The second kappa shape index (κ2) is 10.0. The van der Waals surface area contributed by atoms with Crippen LogP contribution in [0.2, 0.25) is 0 Å². The highest BCUT2D eigenvalue weighted by atomic mass is 16.6. The van der Waals surface area contributed by atoms with E-state index in [0.717, 1.165) is 5.56 Å². The molecule has 140 valence electrons. The lowest BCUT2D eigenvalue weighted by Gasteiger charge is -2.36. The summed E-state index contributed by atoms with van der Waals surface area (Å²) in [6, 6.07) is 9.23. The summed E-state index contributed by atoms with van der Waals surface area (Å²) < 4.78 is 15.5. The highest BCUT2D eigenvalue weighted by Gasteiger charge is 2.43. The van der Waals surface area contributed by atoms with E-state index in [-0.39, 0.29) is 19.8 Å². The molecule has 2 atom stereocenters. The summed E-state index contributed by atoms with van der Waals surface area (Å²) in [6.45, 7) is 7.14. The van der Waals surface area contributed by atoms with Crippen LogP contribution >= 0.6 is 0 Å². The maximum Gasteiger partial charge on any atom is 0.409 e. The number of carbonyl (C=O) groups is 2. The van der Waals surface area contributed by atoms with Crippen LogP contribution in [0.25, 0.3) is 0 Å². The van der Waals surface area contributed by atoms with Crippen molar-refractivity contribution >= 4 is 12.1 Å². The summed E-state index contributed by atoms with van der Waals surface area (Å²) in [4.78, 5) is 23.9. The first-order chi connectivity index (χ1) is 11.8. The Kier molecular flexibility index (Phi) is 8.37. The van der Waals surface area contributed by atoms with Gasteiger partial charge in [-0.3, -0.25) is 5.32 Å². The third-order valence-electron chi connectivity index (χ3n) is 3.69. The molecule has 1 rings (SSSR count). The zero-order valence-corrected chi connectivity index (χ0v) is 15.2. The molecule has 0 saturated heterocycles. The second-order valence-corrected chi connectivity index (χ2v) is 6.02. The van der Waals surface area contributed by atoms with Crippen LogP contribution in [-0.2, 0) is 25.6 Å². The zero-order valence-electron chi connectivity index (χ0n) is 15.2. The minimum atomic E-state index is -1.46. The number of hydrogen-bond acceptors (Lipinski definition) is 6. The largest absolute Gasteiger partial charge is 0.464 e. The van der Waals surface area contributed by atoms with Crippen molar-refractivity contribution < 1.29 is 28.9 Å². The Labute approximate surface area is 148 Å². The molecule has 0 radical (unpaired) electrons. The van der Waals surface area contributed by atoms with Crippen molar-refractivity contribution in [2.45, 2.75) is 46.6 Å². The number of amides is 1. The normalized spacial score (nSPS) is 13.6. The minimum absolute atomic E-state index is 0.104. The van der Waals surface area contributed by atoms with E-state index in [9.17, 15) is 14.7 Å². The molecular weight excluding hydrogens is 326 g/mol. The van der Waals surface area contributed by atoms with Crippen molar-refractivity contribution in [2.24, 2.45) is 5.41 Å². The first-order valence-electron chi connectivity index (χ1n) is 8.26. The smallest absolute Gasteiger partial charge is 0.409 e. The van der Waals surface area contributed by atoms with Crippen molar-refractivity contribution in [3.63, 3.8) is 0 Å². The highest BCUT2D eigenvalue weighted by molar-refractivity contribution is 5.75. The average molecular weight is 353 g/mol. The second-order valence-electron chi connectivity index (χ2n) is 6.02. The Balaban J connectivity index is 2.70. The molecule has 1 aromatic carbocycles. The fourth-order valence-corrected chi connectivity index (χ4v) is 2.15. The Morgan fingerprint density at radius 2 is 1.76 bits per heavy atom. The number of benzene rings is 1. The summed E-state index contributed by atoms with van der Waals surface area (Å²) in [7, 11) is 0. The van der Waals surface area contributed by atoms with Crippen molar-refractivity contribution in [1.29, 1.82) is 0 Å². The standard InChI is InChI=1S/C18H27NO6/c1-5-23-15(21)14(20)18(3,4)16(24-6-2)19-17(22)25-12-13-10-8-7-9-11-13/h7-11,14,16,20H,5-6,12H2,1-4H3,(H,19,22). The third-order valence-corrected chi connectivity index (χ3v) is 3.69. The van der Waals surface area contributed by atoms with Gasteiger partial charge in [0.25, 0.3) is 0 Å². The zero-order chi connectivity index (χ0) is 18.9. The lowest BCUT2D eigenvalue weighted by molar-refractivity contribution is -0.169. The van der Waals surface area contributed by atoms with Gasteiger partial charge >= 0.3 is 12.1 Å². The fraction of sp³-hybridized carbons (Fsp3) is 0.556. The molecular formula is C18H27NO6. The van der Waals surface area contributed by atoms with E-state index in [1.54, 1.807) is 27.7 Å². The first kappa shape index (κ1) is 20.9. The summed E-state index contributed by atoms with van der Waals surface area (Å²) in [5.74, 6) is -0.767. The Morgan fingerprint density at radius 3 is 2.32 bits per heavy atom. The lowest BCUT2D eigenvalue weighted by Crippen LogP contribution is -2.54. The number of rotatable bonds is 9. The maximum atomic E-state index is 12.1. The van der Waals surface area contributed by atoms with Gasteiger partial charge in [-0.2, -0.15) is 0 Å². The molecule has 7 nitrogen and oxygen atoms in total. The molecule has 0 bridgehead atoms. The van der Waals surface area contributed by atoms with Gasteiger partial charge in [-0.05, 0) is 19.4 Å². The van der Waals surface area contributed by atoms with Gasteiger partial charge < -0.3 is 19.3 Å². The Morgan fingerprint density at radius 1 is 1.12 bits per heavy atom. The van der Waals surface area contributed by atoms with Crippen molar-refractivity contribution in [3.8, 4) is 0 Å². The van der Waals surface area contributed by atoms with E-state index in [2.05, 4.69) is 5.32 Å². The number of carbonyl (C=O) groups excluding carboxylic acids is 2. The van der Waals surface area contributed by atoms with Gasteiger partial charge in [0.1, 0.15) is 12.8 Å². The molecule has 2 N–H and O–H groups in total. The molecule has 0 aliphatic rings. The molecule has 0 aliphatic heterocycles. The third kappa shape index (κ3) is 6.36. The maximum absolute atomic E-state index is 12.1. The van der Waals surface area contributed by atoms with E-state index in [1.165, 1.54) is 0 Å². The predicted molar refractivity (Wildman–Crippen MR) is 91.6 cm³/mol. The summed E-state index contributed by atoms with van der Waals surface area (Å²) in [5, 5.41) is 12.8. The van der Waals surface area contributed by atoms with Gasteiger partial charge in [-0.25, -0.2) is 9.59 Å². The number of ether oxygens (including phenoxy) is 3. The van der Waals surface area contributed by atoms with Crippen LogP contribution in [0.3, 0.4) is 0 Å². The monoisotopic (exact) mass is 353 g/mol. The summed E-state index contributed by atoms with van der Waals surface area (Å²) in [5.41, 5.74) is -0.273. The molecule has 7 heteroatoms. The number of esters is 1. The Bertz CT molecular complexity index is 546. The molecule has 25 heavy (non-hydrogen) atoms. The van der Waals surface area contributed by atoms with Crippen molar-refractivity contribution in [1.82, 2.24) is 5.32 Å². The van der Waals surface area contributed by atoms with Crippen LogP contribution in [0.15, 0.2) is 30.3 Å². The van der Waals surface area contributed by atoms with Crippen LogP contribution in [-0.4, -0.2) is 42.7 Å². The molecule has 0 aromatic heterocycles. The molecule has 0 spiro atoms. The molecule has 0 heterocycles. The van der Waals surface area contributed by atoms with Crippen LogP contribution in [0.5, 0.6) is 0 Å². The predicted octanol–water partition coefficient (Wildman–Crippen LogP) is 2.23. The number of aliphatic hydroxyl groups is 1. The van der Waals surface area contributed by atoms with Crippen molar-refractivity contribution in [3.05, 3.63) is 35.9 Å². The minimum Gasteiger partial charge on any atom is -0.464 e. The quantitative estimate of drug-likeness (QED) is 0.522. The molecule has 0 saturated carbocycles. The van der Waals surface area contributed by atoms with E-state index in [1.807, 2.05) is 30.3 Å². The highest BCUT2D eigenvalue weighted by Crippen LogP contribution is 2.27. The van der Waals surface area contributed by atoms with E-state index in [0.29, 0.717) is 0 Å². The molecule has 0 aliphatic carbocycles. The van der Waals surface area contributed by atoms with Crippen LogP contribution < -0.4 is 5.32 Å². The van der Waals surface area contributed by atoms with Gasteiger partial charge in [-0.1, -0.05) is 44.2 Å². The van der Waals surface area contributed by atoms with Gasteiger partial charge in [0.05, 0.1) is 6.61 Å². The molecule has 2 unspecified atom stereocenters. The number of hydrogen-bond donors (Lipinski definition) is 2. The van der Waals surface area contributed by atoms with Crippen molar-refractivity contribution in [2.75, 3.05) is 13.2 Å². The van der Waals surface area contributed by atoms with E-state index < -0.39 is 29.8 Å². The number of alkyl carbamates (subject to hydrolysis) is 1. The van der Waals surface area contributed by atoms with Gasteiger partial charge in [0.2, 0.25) is 0 Å². The molecule has 1 aromatic rings. The summed E-state index contributed by atoms with van der Waals surface area (Å²) >= 11 is 0. The van der Waals surface area contributed by atoms with E-state index >= 15 is 0 Å². The number of nitrogens with one attached hydrogen (secondary N) is 1. The Hall–Kier alpha value is -2.12. The fourth-order valence-electron chi connectivity index (χ4n) is 2.15. The van der Waals surface area contributed by atoms with Gasteiger partial charge in [0.15, 0.2) is 6.10 Å². The van der Waals surface area contributed by atoms with E-state index in [4.69, 9.17) is 14.2 Å². The molecule has 1 amide bonds. The average Bonchev–Trinajstić information content (AvgIpc) is 2.60. The van der Waals surface area contributed by atoms with Gasteiger partial charge in [0, 0.05) is 12.0 Å².